The fourth-order valence-corrected chi connectivity index (χ4v) is 2.48. The molecule has 0 unspecified atom stereocenters. The molecule has 0 radical (unpaired) electrons. The van der Waals surface area contributed by atoms with Gasteiger partial charge in [-0.3, -0.25) is 9.55 Å². The molecular formula is C11H13BrN2O5S. The van der Waals surface area contributed by atoms with Gasteiger partial charge in [-0.15, -0.1) is 0 Å². The number of aliphatic hydroxyl groups is 3. The van der Waals surface area contributed by atoms with E-state index in [2.05, 4.69) is 20.9 Å². The van der Waals surface area contributed by atoms with Crippen molar-refractivity contribution < 1.29 is 20.1 Å². The summed E-state index contributed by atoms with van der Waals surface area (Å²) >= 11 is 8.11. The minimum Gasteiger partial charge on any atom is -0.394 e. The summed E-state index contributed by atoms with van der Waals surface area (Å²) in [5.74, 6) is 0. The number of nitrogens with zero attached hydrogens (tertiary/aromatic N) is 1. The van der Waals surface area contributed by atoms with Gasteiger partial charge in [0.1, 0.15) is 23.0 Å². The fourth-order valence-electron chi connectivity index (χ4n) is 1.99. The van der Waals surface area contributed by atoms with Crippen LogP contribution in [0.3, 0.4) is 0 Å². The number of hydrogen-bond donors (Lipinski definition) is 4. The highest BCUT2D eigenvalue weighted by Crippen LogP contribution is 2.28. The van der Waals surface area contributed by atoms with Gasteiger partial charge < -0.3 is 20.1 Å². The van der Waals surface area contributed by atoms with Crippen molar-refractivity contribution in [3.05, 3.63) is 31.9 Å². The van der Waals surface area contributed by atoms with Crippen LogP contribution in [0, 0.1) is 4.64 Å². The maximum Gasteiger partial charge on any atom is 0.328 e. The summed E-state index contributed by atoms with van der Waals surface area (Å²) in [5.41, 5.74) is -0.0363. The summed E-state index contributed by atoms with van der Waals surface area (Å²) in [5, 5.41) is 28.7. The second-order valence-corrected chi connectivity index (χ2v) is 5.21. The quantitative estimate of drug-likeness (QED) is 0.557. The molecule has 1 fully saturated rings. The van der Waals surface area contributed by atoms with Crippen LogP contribution >= 0.6 is 28.1 Å². The zero-order valence-electron chi connectivity index (χ0n) is 10.1. The van der Waals surface area contributed by atoms with Gasteiger partial charge in [0.15, 0.2) is 6.23 Å². The first-order valence-corrected chi connectivity index (χ1v) is 7.06. The molecular weight excluding hydrogens is 352 g/mol. The number of rotatable bonds is 3. The Labute approximate surface area is 127 Å². The summed E-state index contributed by atoms with van der Waals surface area (Å²) in [7, 11) is 0. The summed E-state index contributed by atoms with van der Waals surface area (Å²) < 4.78 is 6.64. The average Bonchev–Trinajstić information content (AvgIpc) is 2.70. The van der Waals surface area contributed by atoms with E-state index in [-0.39, 0.29) is 4.64 Å². The van der Waals surface area contributed by atoms with E-state index in [0.29, 0.717) is 5.56 Å². The van der Waals surface area contributed by atoms with Crippen LogP contribution in [0.15, 0.2) is 16.0 Å². The second-order valence-electron chi connectivity index (χ2n) is 4.27. The van der Waals surface area contributed by atoms with Crippen molar-refractivity contribution >= 4 is 34.2 Å². The van der Waals surface area contributed by atoms with Crippen molar-refractivity contribution in [1.82, 2.24) is 9.55 Å². The van der Waals surface area contributed by atoms with Crippen molar-refractivity contribution in [2.45, 2.75) is 24.5 Å². The predicted molar refractivity (Wildman–Crippen MR) is 76.9 cm³/mol. The van der Waals surface area contributed by atoms with Gasteiger partial charge in [-0.05, 0) is 11.1 Å². The van der Waals surface area contributed by atoms with Crippen LogP contribution in [0.1, 0.15) is 11.8 Å². The van der Waals surface area contributed by atoms with E-state index in [1.165, 1.54) is 6.20 Å². The summed E-state index contributed by atoms with van der Waals surface area (Å²) in [6.07, 6.45) is -1.59. The van der Waals surface area contributed by atoms with Crippen molar-refractivity contribution in [2.75, 3.05) is 6.61 Å². The Morgan fingerprint density at radius 3 is 2.75 bits per heavy atom. The first-order chi connectivity index (χ1) is 9.49. The highest BCUT2D eigenvalue weighted by atomic mass is 79.9. The van der Waals surface area contributed by atoms with Crippen molar-refractivity contribution in [3.63, 3.8) is 0 Å². The van der Waals surface area contributed by atoms with Crippen LogP contribution in [-0.2, 0) is 4.74 Å². The normalized spacial score (nSPS) is 30.2. The molecule has 1 aliphatic rings. The summed E-state index contributed by atoms with van der Waals surface area (Å²) in [6, 6.07) is 0. The third-order valence-corrected chi connectivity index (χ3v) is 3.63. The molecule has 110 valence electrons. The molecule has 1 aliphatic heterocycles. The maximum atomic E-state index is 11.9. The van der Waals surface area contributed by atoms with Crippen molar-refractivity contribution in [3.8, 4) is 0 Å². The number of H-pyrrole nitrogens is 1. The third kappa shape index (κ3) is 2.78. The average molecular weight is 365 g/mol. The molecule has 1 aromatic rings. The standard InChI is InChI=1S/C11H13BrN2O5S/c12-2-1-5-3-14(11(18)13-9(5)20)10-8(17)7(16)6(4-15)19-10/h1-3,6-8,10,15-17H,4H2,(H,13,18,20)/t6-,7-,8-,10-/m1/s1. The number of aromatic amines is 1. The zero-order chi connectivity index (χ0) is 14.9. The van der Waals surface area contributed by atoms with Crippen LogP contribution in [0.2, 0.25) is 0 Å². The molecule has 0 bridgehead atoms. The molecule has 4 N–H and O–H groups in total. The largest absolute Gasteiger partial charge is 0.394 e. The van der Waals surface area contributed by atoms with Gasteiger partial charge in [0.25, 0.3) is 0 Å². The molecule has 1 saturated heterocycles. The molecule has 0 amide bonds. The van der Waals surface area contributed by atoms with Crippen LogP contribution in [-0.4, -0.2) is 49.8 Å². The molecule has 4 atom stereocenters. The topological polar surface area (TPSA) is 108 Å². The lowest BCUT2D eigenvalue weighted by molar-refractivity contribution is -0.0550. The van der Waals surface area contributed by atoms with Crippen molar-refractivity contribution in [1.29, 1.82) is 0 Å². The summed E-state index contributed by atoms with van der Waals surface area (Å²) in [4.78, 5) is 15.9. The Morgan fingerprint density at radius 1 is 1.50 bits per heavy atom. The van der Waals surface area contributed by atoms with Gasteiger partial charge in [-0.2, -0.15) is 0 Å². The minimum absolute atomic E-state index is 0.244. The Bertz CT molecular complexity index is 628. The van der Waals surface area contributed by atoms with Gasteiger partial charge in [0.05, 0.1) is 6.61 Å². The first kappa shape index (κ1) is 15.5. The highest BCUT2D eigenvalue weighted by Gasteiger charge is 2.43. The molecule has 1 aromatic heterocycles. The monoisotopic (exact) mass is 364 g/mol. The molecule has 20 heavy (non-hydrogen) atoms. The van der Waals surface area contributed by atoms with Crippen molar-refractivity contribution in [2.24, 2.45) is 0 Å². The molecule has 2 heterocycles. The number of hydrogen-bond acceptors (Lipinski definition) is 6. The predicted octanol–water partition coefficient (Wildman–Crippen LogP) is -0.117. The number of aromatic nitrogens is 2. The maximum absolute atomic E-state index is 11.9. The van der Waals surface area contributed by atoms with Crippen LogP contribution in [0.4, 0.5) is 0 Å². The molecule has 2 rings (SSSR count). The van der Waals surface area contributed by atoms with Gasteiger partial charge in [0, 0.05) is 11.8 Å². The Balaban J connectivity index is 2.46. The second kappa shape index (κ2) is 6.29. The fraction of sp³-hybridized carbons (Fsp3) is 0.455. The highest BCUT2D eigenvalue weighted by molar-refractivity contribution is 9.11. The molecule has 9 heteroatoms. The first-order valence-electron chi connectivity index (χ1n) is 5.74. The smallest absolute Gasteiger partial charge is 0.328 e. The van der Waals surface area contributed by atoms with Crippen LogP contribution in [0.5, 0.6) is 0 Å². The van der Waals surface area contributed by atoms with E-state index in [4.69, 9.17) is 22.1 Å². The zero-order valence-corrected chi connectivity index (χ0v) is 12.5. The SMILES string of the molecule is O=c1[nH]c(=S)c(C=CBr)cn1[C@@H]1O[C@H](CO)[C@@H](O)[C@H]1O. The Morgan fingerprint density at radius 2 is 2.20 bits per heavy atom. The van der Waals surface area contributed by atoms with E-state index in [0.717, 1.165) is 4.57 Å². The van der Waals surface area contributed by atoms with E-state index in [9.17, 15) is 15.0 Å². The van der Waals surface area contributed by atoms with Crippen LogP contribution in [0.25, 0.3) is 6.08 Å². The molecule has 0 aromatic carbocycles. The number of aliphatic hydroxyl groups excluding tert-OH is 3. The molecule has 0 aliphatic carbocycles. The van der Waals surface area contributed by atoms with Gasteiger partial charge in [-0.1, -0.05) is 28.1 Å². The summed E-state index contributed by atoms with van der Waals surface area (Å²) in [6.45, 7) is -0.458. The Hall–Kier alpha value is -0.840. The molecule has 0 spiro atoms. The Kier molecular flexibility index (Phi) is 4.89. The lowest BCUT2D eigenvalue weighted by Gasteiger charge is -2.17. The van der Waals surface area contributed by atoms with E-state index in [1.54, 1.807) is 11.1 Å². The van der Waals surface area contributed by atoms with Gasteiger partial charge in [0.2, 0.25) is 0 Å². The van der Waals surface area contributed by atoms with Gasteiger partial charge >= 0.3 is 5.69 Å². The van der Waals surface area contributed by atoms with Crippen LogP contribution < -0.4 is 5.69 Å². The van der Waals surface area contributed by atoms with E-state index < -0.39 is 36.8 Å². The molecule has 0 saturated carbocycles. The van der Waals surface area contributed by atoms with E-state index in [1.807, 2.05) is 0 Å². The lowest BCUT2D eigenvalue weighted by atomic mass is 10.1. The number of ether oxygens (including phenoxy) is 1. The number of nitrogens with one attached hydrogen (secondary N) is 1. The van der Waals surface area contributed by atoms with Gasteiger partial charge in [-0.25, -0.2) is 4.79 Å². The third-order valence-electron chi connectivity index (χ3n) is 3.03. The molecule has 7 nitrogen and oxygen atoms in total. The minimum atomic E-state index is -1.32. The lowest BCUT2D eigenvalue weighted by Crippen LogP contribution is -2.36. The van der Waals surface area contributed by atoms with E-state index >= 15 is 0 Å². The number of halogens is 1.